The fraction of sp³-hybridized carbons (Fsp3) is 0.773. The summed E-state index contributed by atoms with van der Waals surface area (Å²) in [5.41, 5.74) is 0. The van der Waals surface area contributed by atoms with E-state index >= 15 is 0 Å². The van der Waals surface area contributed by atoms with E-state index in [-0.39, 0.29) is 24.0 Å². The third-order valence-electron chi connectivity index (χ3n) is 6.71. The number of likely N-dealkylation sites (tertiary alicyclic amines) is 1. The first-order chi connectivity index (χ1) is 14.3. The van der Waals surface area contributed by atoms with Crippen LogP contribution in [0.2, 0.25) is 0 Å². The number of anilines is 1. The molecule has 2 unspecified atom stereocenters. The van der Waals surface area contributed by atoms with E-state index < -0.39 is 0 Å². The zero-order valence-corrected chi connectivity index (χ0v) is 20.7. The maximum absolute atomic E-state index is 4.97. The summed E-state index contributed by atoms with van der Waals surface area (Å²) in [7, 11) is 0. The molecule has 0 aromatic carbocycles. The lowest BCUT2D eigenvalue weighted by Gasteiger charge is -2.34. The van der Waals surface area contributed by atoms with Gasteiger partial charge in [0.1, 0.15) is 0 Å². The number of fused-ring (bicyclic) bond motifs is 1. The van der Waals surface area contributed by atoms with Crippen molar-refractivity contribution in [2.75, 3.05) is 63.8 Å². The van der Waals surface area contributed by atoms with Crippen molar-refractivity contribution in [2.45, 2.75) is 39.0 Å². The van der Waals surface area contributed by atoms with Crippen LogP contribution in [0.25, 0.3) is 0 Å². The molecule has 0 spiro atoms. The van der Waals surface area contributed by atoms with Gasteiger partial charge in [-0.3, -0.25) is 9.89 Å². The highest BCUT2D eigenvalue weighted by atomic mass is 127. The zero-order valence-electron chi connectivity index (χ0n) is 18.4. The molecule has 168 valence electrons. The summed E-state index contributed by atoms with van der Waals surface area (Å²) in [5, 5.41) is 3.54. The third-order valence-corrected chi connectivity index (χ3v) is 6.71. The van der Waals surface area contributed by atoms with Crippen molar-refractivity contribution in [3.05, 3.63) is 18.5 Å². The van der Waals surface area contributed by atoms with Crippen LogP contribution < -0.4 is 10.2 Å². The fourth-order valence-corrected chi connectivity index (χ4v) is 5.11. The van der Waals surface area contributed by atoms with Crippen molar-refractivity contribution in [1.82, 2.24) is 25.1 Å². The minimum atomic E-state index is 0. The van der Waals surface area contributed by atoms with Gasteiger partial charge in [0.15, 0.2) is 5.96 Å². The van der Waals surface area contributed by atoms with E-state index in [0.717, 1.165) is 76.0 Å². The maximum Gasteiger partial charge on any atom is 0.225 e. The lowest BCUT2D eigenvalue weighted by Crippen LogP contribution is -2.47. The number of nitrogens with zero attached hydrogens (tertiary/aromatic N) is 6. The Balaban J connectivity index is 0.00000256. The van der Waals surface area contributed by atoms with Crippen LogP contribution in [0.5, 0.6) is 0 Å². The topological polar surface area (TPSA) is 59.9 Å². The standard InChI is InChI=1S/C22H37N7.HI/c1-2-23-21(29-17-19-7-3-4-8-20(19)18-29)26-11-6-12-27-13-15-28(16-14-27)22-24-9-5-10-25-22;/h5,9-10,19-20H,2-4,6-8,11-18H2,1H3,(H,23,26);1H. The summed E-state index contributed by atoms with van der Waals surface area (Å²) < 4.78 is 0. The second kappa shape index (κ2) is 12.0. The van der Waals surface area contributed by atoms with Gasteiger partial charge in [0.2, 0.25) is 5.95 Å². The van der Waals surface area contributed by atoms with E-state index in [1.54, 1.807) is 0 Å². The van der Waals surface area contributed by atoms with Gasteiger partial charge in [-0.1, -0.05) is 12.8 Å². The molecule has 1 aliphatic carbocycles. The molecular weight excluding hydrogens is 489 g/mol. The van der Waals surface area contributed by atoms with Gasteiger partial charge < -0.3 is 15.1 Å². The smallest absolute Gasteiger partial charge is 0.225 e. The van der Waals surface area contributed by atoms with Gasteiger partial charge in [0.05, 0.1) is 0 Å². The largest absolute Gasteiger partial charge is 0.357 e. The number of aromatic nitrogens is 2. The van der Waals surface area contributed by atoms with E-state index in [0.29, 0.717) is 0 Å². The van der Waals surface area contributed by atoms with Crippen LogP contribution in [-0.2, 0) is 0 Å². The summed E-state index contributed by atoms with van der Waals surface area (Å²) in [6, 6.07) is 1.87. The van der Waals surface area contributed by atoms with Gasteiger partial charge in [-0.2, -0.15) is 0 Å². The van der Waals surface area contributed by atoms with Crippen LogP contribution in [0.1, 0.15) is 39.0 Å². The average Bonchev–Trinajstić information content (AvgIpc) is 3.21. The number of aliphatic imine (C=N–C) groups is 1. The van der Waals surface area contributed by atoms with Crippen LogP contribution in [0, 0.1) is 11.8 Å². The minimum Gasteiger partial charge on any atom is -0.357 e. The first-order valence-corrected chi connectivity index (χ1v) is 11.6. The van der Waals surface area contributed by atoms with Gasteiger partial charge in [-0.25, -0.2) is 9.97 Å². The van der Waals surface area contributed by atoms with Crippen molar-refractivity contribution < 1.29 is 0 Å². The molecule has 2 saturated heterocycles. The molecule has 4 rings (SSSR count). The van der Waals surface area contributed by atoms with Gasteiger partial charge >= 0.3 is 0 Å². The first-order valence-electron chi connectivity index (χ1n) is 11.6. The highest BCUT2D eigenvalue weighted by Crippen LogP contribution is 2.35. The molecule has 3 heterocycles. The van der Waals surface area contributed by atoms with Gasteiger partial charge in [-0.05, 0) is 44.1 Å². The number of rotatable bonds is 6. The van der Waals surface area contributed by atoms with Gasteiger partial charge in [-0.15, -0.1) is 24.0 Å². The lowest BCUT2D eigenvalue weighted by atomic mass is 9.82. The van der Waals surface area contributed by atoms with Gasteiger partial charge in [0, 0.05) is 71.3 Å². The summed E-state index contributed by atoms with van der Waals surface area (Å²) in [4.78, 5) is 21.1. The molecule has 30 heavy (non-hydrogen) atoms. The molecule has 2 aliphatic heterocycles. The van der Waals surface area contributed by atoms with E-state index in [9.17, 15) is 0 Å². The molecule has 3 fully saturated rings. The Kier molecular flexibility index (Phi) is 9.42. The molecule has 1 aromatic rings. The van der Waals surface area contributed by atoms with E-state index in [4.69, 9.17) is 4.99 Å². The predicted octanol–water partition coefficient (Wildman–Crippen LogP) is 2.69. The number of halogens is 1. The van der Waals surface area contributed by atoms with Crippen LogP contribution in [0.4, 0.5) is 5.95 Å². The van der Waals surface area contributed by atoms with Crippen LogP contribution >= 0.6 is 24.0 Å². The second-order valence-electron chi connectivity index (χ2n) is 8.68. The molecule has 1 saturated carbocycles. The summed E-state index contributed by atoms with van der Waals surface area (Å²) >= 11 is 0. The fourth-order valence-electron chi connectivity index (χ4n) is 5.11. The minimum absolute atomic E-state index is 0. The van der Waals surface area contributed by atoms with Crippen molar-refractivity contribution >= 4 is 35.9 Å². The third kappa shape index (κ3) is 6.18. The molecule has 8 heteroatoms. The number of hydrogen-bond acceptors (Lipinski definition) is 5. The monoisotopic (exact) mass is 527 g/mol. The molecule has 3 aliphatic rings. The highest BCUT2D eigenvalue weighted by molar-refractivity contribution is 14.0. The lowest BCUT2D eigenvalue weighted by molar-refractivity contribution is 0.255. The van der Waals surface area contributed by atoms with Crippen molar-refractivity contribution in [1.29, 1.82) is 0 Å². The number of guanidine groups is 1. The molecule has 0 amide bonds. The number of nitrogens with one attached hydrogen (secondary N) is 1. The Morgan fingerprint density at radius 1 is 1.07 bits per heavy atom. The van der Waals surface area contributed by atoms with Crippen LogP contribution in [0.15, 0.2) is 23.5 Å². The quantitative estimate of drug-likeness (QED) is 0.266. The average molecular weight is 527 g/mol. The Hall–Kier alpha value is -1.16. The number of hydrogen-bond donors (Lipinski definition) is 1. The second-order valence-corrected chi connectivity index (χ2v) is 8.68. The Labute approximate surface area is 198 Å². The van der Waals surface area contributed by atoms with E-state index in [2.05, 4.69) is 36.9 Å². The summed E-state index contributed by atoms with van der Waals surface area (Å²) in [5.74, 6) is 3.81. The Morgan fingerprint density at radius 3 is 2.37 bits per heavy atom. The van der Waals surface area contributed by atoms with E-state index in [1.165, 1.54) is 38.8 Å². The molecule has 2 atom stereocenters. The predicted molar refractivity (Wildman–Crippen MR) is 134 cm³/mol. The molecular formula is C22H38IN7. The molecule has 1 N–H and O–H groups in total. The van der Waals surface area contributed by atoms with Crippen molar-refractivity contribution in [3.8, 4) is 0 Å². The zero-order chi connectivity index (χ0) is 19.9. The molecule has 0 radical (unpaired) electrons. The summed E-state index contributed by atoms with van der Waals surface area (Å²) in [6.07, 6.45) is 10.4. The van der Waals surface area contributed by atoms with Crippen molar-refractivity contribution in [2.24, 2.45) is 16.8 Å². The molecule has 7 nitrogen and oxygen atoms in total. The maximum atomic E-state index is 4.97. The van der Waals surface area contributed by atoms with E-state index in [1.807, 2.05) is 18.5 Å². The Bertz CT molecular complexity index is 634. The van der Waals surface area contributed by atoms with Crippen LogP contribution in [0.3, 0.4) is 0 Å². The number of piperazine rings is 1. The Morgan fingerprint density at radius 2 is 1.73 bits per heavy atom. The normalized spacial score (nSPS) is 25.0. The SMILES string of the molecule is CCNC(=NCCCN1CCN(c2ncccn2)CC1)N1CC2CCCCC2C1.I. The molecule has 1 aromatic heterocycles. The first kappa shape index (κ1) is 23.5. The van der Waals surface area contributed by atoms with Crippen LogP contribution in [-0.4, -0.2) is 84.6 Å². The molecule has 0 bridgehead atoms. The van der Waals surface area contributed by atoms with Gasteiger partial charge in [0.25, 0.3) is 0 Å². The highest BCUT2D eigenvalue weighted by Gasteiger charge is 2.35. The summed E-state index contributed by atoms with van der Waals surface area (Å²) in [6.45, 7) is 11.8. The van der Waals surface area contributed by atoms with Crippen molar-refractivity contribution in [3.63, 3.8) is 0 Å².